The lowest BCUT2D eigenvalue weighted by Gasteiger charge is -2.14. The molecule has 0 radical (unpaired) electrons. The van der Waals surface area contributed by atoms with Gasteiger partial charge in [0, 0.05) is 11.3 Å². The summed E-state index contributed by atoms with van der Waals surface area (Å²) in [4.78, 5) is 5.53. The summed E-state index contributed by atoms with van der Waals surface area (Å²) >= 11 is 0. The fraction of sp³-hybridized carbons (Fsp3) is 0.562. The fourth-order valence-corrected chi connectivity index (χ4v) is 1.89. The lowest BCUT2D eigenvalue weighted by molar-refractivity contribution is 0.128. The molecule has 3 N–H and O–H groups in total. The molecule has 0 heterocycles. The van der Waals surface area contributed by atoms with Gasteiger partial charge in [-0.3, -0.25) is 0 Å². The molecule has 0 spiro atoms. The molecule has 0 aromatic heterocycles. The molecule has 128 valence electrons. The van der Waals surface area contributed by atoms with Crippen LogP contribution in [0.1, 0.15) is 38.3 Å². The average Bonchev–Trinajstić information content (AvgIpc) is 2.55. The number of anilines is 1. The van der Waals surface area contributed by atoms with Gasteiger partial charge in [0.1, 0.15) is 13.3 Å². The van der Waals surface area contributed by atoms with E-state index < -0.39 is 0 Å². The van der Waals surface area contributed by atoms with E-state index in [1.54, 1.807) is 0 Å². The zero-order chi connectivity index (χ0) is 17.1. The van der Waals surface area contributed by atoms with Crippen molar-refractivity contribution in [1.29, 1.82) is 0 Å². The third-order valence-electron chi connectivity index (χ3n) is 3.75. The second-order valence-corrected chi connectivity index (χ2v) is 5.33. The first-order valence-corrected chi connectivity index (χ1v) is 7.73. The van der Waals surface area contributed by atoms with E-state index in [9.17, 15) is 0 Å². The first-order valence-electron chi connectivity index (χ1n) is 7.73. The monoisotopic (exact) mass is 321 g/mol. The number of ether oxygens (including phenoxy) is 1. The molecule has 0 saturated heterocycles. The van der Waals surface area contributed by atoms with Gasteiger partial charge in [0.25, 0.3) is 0 Å². The molecule has 1 rings (SSSR count). The Labute approximate surface area is 137 Å². The van der Waals surface area contributed by atoms with Gasteiger partial charge < -0.3 is 20.7 Å². The molecule has 1 aromatic carbocycles. The summed E-state index contributed by atoms with van der Waals surface area (Å²) in [5.74, 6) is 5.33. The molecule has 1 aromatic rings. The second-order valence-electron chi connectivity index (χ2n) is 5.33. The Kier molecular flexibility index (Phi) is 8.67. The second kappa shape index (κ2) is 10.6. The zero-order valence-corrected chi connectivity index (χ0v) is 14.4. The summed E-state index contributed by atoms with van der Waals surface area (Å²) in [6, 6.07) is 6.00. The fourth-order valence-electron chi connectivity index (χ4n) is 1.89. The van der Waals surface area contributed by atoms with Crippen LogP contribution in [-0.4, -0.2) is 19.2 Å². The molecule has 7 heteroatoms. The minimum Gasteiger partial charge on any atom is -0.391 e. The molecule has 23 heavy (non-hydrogen) atoms. The molecular formula is C16H27N5O2. The smallest absolute Gasteiger partial charge is 0.162 e. The number of nitrogens with zero attached hydrogens (tertiary/aromatic N) is 3. The molecule has 0 saturated carbocycles. The van der Waals surface area contributed by atoms with Crippen molar-refractivity contribution in [1.82, 2.24) is 0 Å². The Morgan fingerprint density at radius 1 is 1.39 bits per heavy atom. The molecule has 0 bridgehead atoms. The number of hydrogen-bond acceptors (Lipinski definition) is 6. The molecule has 0 aliphatic rings. The molecule has 0 amide bonds. The SMILES string of the molecule is CCC(C)C(C)=NOCc1c(C)cccc1NCOCN=NN. The quantitative estimate of drug-likeness (QED) is 0.172. The summed E-state index contributed by atoms with van der Waals surface area (Å²) < 4.78 is 5.24. The molecule has 7 nitrogen and oxygen atoms in total. The van der Waals surface area contributed by atoms with Gasteiger partial charge in [0.2, 0.25) is 0 Å². The van der Waals surface area contributed by atoms with Crippen molar-refractivity contribution in [2.24, 2.45) is 27.3 Å². The Bertz CT molecular complexity index is 531. The van der Waals surface area contributed by atoms with Crippen molar-refractivity contribution in [2.75, 3.05) is 18.8 Å². The van der Waals surface area contributed by atoms with Crippen LogP contribution in [0.15, 0.2) is 33.7 Å². The molecule has 0 aliphatic carbocycles. The van der Waals surface area contributed by atoms with E-state index in [2.05, 4.69) is 34.7 Å². The van der Waals surface area contributed by atoms with Crippen LogP contribution in [0.3, 0.4) is 0 Å². The first kappa shape index (κ1) is 18.9. The Morgan fingerprint density at radius 3 is 2.87 bits per heavy atom. The molecule has 1 unspecified atom stereocenters. The van der Waals surface area contributed by atoms with Crippen LogP contribution in [-0.2, 0) is 16.2 Å². The lowest BCUT2D eigenvalue weighted by atomic mass is 10.1. The van der Waals surface area contributed by atoms with Gasteiger partial charge in [-0.1, -0.05) is 36.4 Å². The van der Waals surface area contributed by atoms with E-state index >= 15 is 0 Å². The van der Waals surface area contributed by atoms with Crippen LogP contribution in [0.4, 0.5) is 5.69 Å². The van der Waals surface area contributed by atoms with Gasteiger partial charge >= 0.3 is 0 Å². The third kappa shape index (κ3) is 6.65. The highest BCUT2D eigenvalue weighted by atomic mass is 16.6. The Balaban J connectivity index is 2.63. The number of benzene rings is 1. The predicted octanol–water partition coefficient (Wildman–Crippen LogP) is 3.60. The third-order valence-corrected chi connectivity index (χ3v) is 3.75. The highest BCUT2D eigenvalue weighted by Crippen LogP contribution is 2.20. The number of aryl methyl sites for hydroxylation is 1. The van der Waals surface area contributed by atoms with E-state index in [4.69, 9.17) is 15.4 Å². The first-order chi connectivity index (χ1) is 11.1. The molecule has 0 fully saturated rings. The highest BCUT2D eigenvalue weighted by Gasteiger charge is 2.07. The minimum atomic E-state index is 0.125. The van der Waals surface area contributed by atoms with Crippen LogP contribution in [0.2, 0.25) is 0 Å². The number of oxime groups is 1. The van der Waals surface area contributed by atoms with E-state index in [1.807, 2.05) is 32.0 Å². The summed E-state index contributed by atoms with van der Waals surface area (Å²) in [6.45, 7) is 9.15. The van der Waals surface area contributed by atoms with Gasteiger partial charge in [0.15, 0.2) is 6.73 Å². The standard InChI is InChI=1S/C16H27N5O2/c1-5-12(2)14(4)20-23-9-15-13(3)7-6-8-16(15)18-10-22-11-19-21-17/h6-8,12,18H,5,9-11H2,1-4H3,(H2,17,19). The van der Waals surface area contributed by atoms with Crippen molar-refractivity contribution in [3.8, 4) is 0 Å². The van der Waals surface area contributed by atoms with Gasteiger partial charge in [0.05, 0.1) is 5.71 Å². The number of nitrogens with two attached hydrogens (primary N) is 1. The van der Waals surface area contributed by atoms with E-state index in [0.29, 0.717) is 19.3 Å². The van der Waals surface area contributed by atoms with Gasteiger partial charge in [-0.25, -0.2) is 0 Å². The maximum atomic E-state index is 5.53. The largest absolute Gasteiger partial charge is 0.391 e. The lowest BCUT2D eigenvalue weighted by Crippen LogP contribution is -2.10. The molecular weight excluding hydrogens is 294 g/mol. The normalized spacial score (nSPS) is 13.3. The highest BCUT2D eigenvalue weighted by molar-refractivity contribution is 5.83. The van der Waals surface area contributed by atoms with Crippen molar-refractivity contribution < 1.29 is 9.57 Å². The van der Waals surface area contributed by atoms with E-state index in [-0.39, 0.29) is 6.73 Å². The number of hydrogen-bond donors (Lipinski definition) is 2. The van der Waals surface area contributed by atoms with Crippen LogP contribution in [0, 0.1) is 12.8 Å². The molecule has 0 aliphatic heterocycles. The predicted molar refractivity (Wildman–Crippen MR) is 92.0 cm³/mol. The Hall–Kier alpha value is -2.15. The van der Waals surface area contributed by atoms with Crippen molar-refractivity contribution in [2.45, 2.75) is 40.7 Å². The van der Waals surface area contributed by atoms with Gasteiger partial charge in [-0.2, -0.15) is 0 Å². The van der Waals surface area contributed by atoms with Gasteiger partial charge in [-0.15, -0.1) is 5.11 Å². The van der Waals surface area contributed by atoms with Crippen LogP contribution in [0.5, 0.6) is 0 Å². The summed E-state index contributed by atoms with van der Waals surface area (Å²) in [7, 11) is 0. The average molecular weight is 321 g/mol. The summed E-state index contributed by atoms with van der Waals surface area (Å²) in [5, 5.41) is 14.1. The summed E-state index contributed by atoms with van der Waals surface area (Å²) in [6.07, 6.45) is 1.05. The molecule has 1 atom stereocenters. The van der Waals surface area contributed by atoms with Crippen LogP contribution in [0.25, 0.3) is 0 Å². The zero-order valence-electron chi connectivity index (χ0n) is 14.4. The topological polar surface area (TPSA) is 93.6 Å². The van der Waals surface area contributed by atoms with Crippen LogP contribution < -0.4 is 11.2 Å². The maximum Gasteiger partial charge on any atom is 0.162 e. The van der Waals surface area contributed by atoms with E-state index in [0.717, 1.165) is 28.9 Å². The van der Waals surface area contributed by atoms with Gasteiger partial charge in [-0.05, 0) is 37.8 Å². The summed E-state index contributed by atoms with van der Waals surface area (Å²) in [5.41, 5.74) is 4.14. The van der Waals surface area contributed by atoms with Crippen molar-refractivity contribution in [3.63, 3.8) is 0 Å². The Morgan fingerprint density at radius 2 is 2.17 bits per heavy atom. The maximum absolute atomic E-state index is 5.53. The van der Waals surface area contributed by atoms with Crippen molar-refractivity contribution in [3.05, 3.63) is 29.3 Å². The minimum absolute atomic E-state index is 0.125. The van der Waals surface area contributed by atoms with Crippen LogP contribution >= 0.6 is 0 Å². The number of nitrogens with one attached hydrogen (secondary N) is 1. The van der Waals surface area contributed by atoms with Crippen molar-refractivity contribution >= 4 is 11.4 Å². The number of rotatable bonds is 10. The van der Waals surface area contributed by atoms with E-state index in [1.165, 1.54) is 0 Å².